The van der Waals surface area contributed by atoms with Gasteiger partial charge in [-0.15, -0.1) is 53.6 Å². The molecule has 6 heteroatoms. The van der Waals surface area contributed by atoms with E-state index >= 15 is 0 Å². The predicted molar refractivity (Wildman–Crippen MR) is 234 cm³/mol. The summed E-state index contributed by atoms with van der Waals surface area (Å²) in [6.07, 6.45) is 1.89. The van der Waals surface area contributed by atoms with Crippen molar-refractivity contribution in [2.75, 3.05) is 0 Å². The molecule has 0 aliphatic heterocycles. The molecule has 0 bridgehead atoms. The van der Waals surface area contributed by atoms with Gasteiger partial charge in [0.15, 0.2) is 0 Å². The SMILES string of the molecule is [2H]C([2H])([2H])c1c[c-]c(-c2cc(C([2H])(C)C)c([Si](C)(C)C)cn2)cc1.[Ir].[c-]1ccc2c(sc3ccccc32)c1-c1nc2ccccc2n1-c1cccc(-c2ccccc2)c1. The first-order chi connectivity index (χ1) is 27.7. The second kappa shape index (κ2) is 16.0. The average Bonchev–Trinajstić information content (AvgIpc) is 3.79. The summed E-state index contributed by atoms with van der Waals surface area (Å²) < 4.78 is 35.6. The monoisotopic (exact) mass is 930 g/mol. The molecule has 0 saturated heterocycles. The van der Waals surface area contributed by atoms with Crippen LogP contribution in [0.25, 0.3) is 70.7 Å². The number of para-hydroxylation sites is 2. The van der Waals surface area contributed by atoms with Crippen LogP contribution in [0, 0.1) is 19.0 Å². The van der Waals surface area contributed by atoms with Crippen LogP contribution in [-0.4, -0.2) is 22.6 Å². The summed E-state index contributed by atoms with van der Waals surface area (Å²) in [6, 6.07) is 53.7. The number of hydrogen-bond donors (Lipinski definition) is 0. The largest absolute Gasteiger partial charge is 0.333 e. The van der Waals surface area contributed by atoms with Gasteiger partial charge in [-0.1, -0.05) is 136 Å². The van der Waals surface area contributed by atoms with Crippen LogP contribution in [0.2, 0.25) is 19.6 Å². The number of imidazole rings is 1. The molecule has 9 rings (SSSR count). The van der Waals surface area contributed by atoms with E-state index in [1.807, 2.05) is 49.6 Å². The van der Waals surface area contributed by atoms with Crippen LogP contribution >= 0.6 is 11.3 Å². The third-order valence-electron chi connectivity index (χ3n) is 9.67. The zero-order chi connectivity index (χ0) is 40.8. The molecule has 0 saturated carbocycles. The Kier molecular flexibility index (Phi) is 9.72. The minimum absolute atomic E-state index is 0. The molecule has 0 spiro atoms. The molecule has 6 aromatic carbocycles. The standard InChI is InChI=1S/C31H19N2S.C18H24NSi.Ir/c1-2-10-21(11-3-1)22-12-8-13-23(20-22)33-28-18-6-5-17-27(28)32-31(33)26-16-9-15-25-24-14-4-7-19-29(24)34-30(25)26;1-13(2)16-11-17(15-9-7-14(3)8-10-15)19-12-18(16)20(4,5)6;/h1-15,17-20H;7-9,11-13H,1-6H3;/q2*-1;/i;3D3,13D;. The number of hydrogen-bond acceptors (Lipinski definition) is 3. The third-order valence-corrected chi connectivity index (χ3v) is 12.9. The minimum Gasteiger partial charge on any atom is -0.333 e. The van der Waals surface area contributed by atoms with Crippen LogP contribution in [0.3, 0.4) is 0 Å². The van der Waals surface area contributed by atoms with E-state index in [4.69, 9.17) is 10.5 Å². The van der Waals surface area contributed by atoms with Crippen molar-refractivity contribution in [3.05, 3.63) is 169 Å². The van der Waals surface area contributed by atoms with Gasteiger partial charge in [0.2, 0.25) is 0 Å². The van der Waals surface area contributed by atoms with E-state index in [9.17, 15) is 0 Å². The van der Waals surface area contributed by atoms with Crippen molar-refractivity contribution in [2.45, 2.75) is 46.2 Å². The molecular weight excluding hydrogens is 883 g/mol. The molecule has 3 heterocycles. The first kappa shape index (κ1) is 33.4. The molecule has 55 heavy (non-hydrogen) atoms. The van der Waals surface area contributed by atoms with Crippen molar-refractivity contribution in [1.82, 2.24) is 14.5 Å². The number of nitrogens with zero attached hydrogens (tertiary/aromatic N) is 3. The summed E-state index contributed by atoms with van der Waals surface area (Å²) in [5, 5.41) is 3.72. The fourth-order valence-corrected chi connectivity index (χ4v) is 9.74. The van der Waals surface area contributed by atoms with E-state index in [1.54, 1.807) is 12.1 Å². The number of benzene rings is 6. The van der Waals surface area contributed by atoms with E-state index in [2.05, 4.69) is 144 Å². The molecule has 3 nitrogen and oxygen atoms in total. The van der Waals surface area contributed by atoms with Crippen molar-refractivity contribution in [2.24, 2.45) is 0 Å². The Hall–Kier alpha value is -4.97. The molecule has 0 fully saturated rings. The molecule has 0 atom stereocenters. The molecule has 9 aromatic rings. The Morgan fingerprint density at radius 3 is 2.31 bits per heavy atom. The fourth-order valence-electron chi connectivity index (χ4n) is 6.96. The number of fused-ring (bicyclic) bond motifs is 4. The summed E-state index contributed by atoms with van der Waals surface area (Å²) in [7, 11) is -1.61. The van der Waals surface area contributed by atoms with Gasteiger partial charge in [-0.25, -0.2) is 0 Å². The van der Waals surface area contributed by atoms with Crippen molar-refractivity contribution in [1.29, 1.82) is 0 Å². The Labute approximate surface area is 348 Å². The fraction of sp³-hybridized carbons (Fsp3) is 0.143. The van der Waals surface area contributed by atoms with Gasteiger partial charge < -0.3 is 9.55 Å². The van der Waals surface area contributed by atoms with Gasteiger partial charge in [-0.05, 0) is 68.3 Å². The number of pyridine rings is 1. The maximum atomic E-state index is 8.48. The van der Waals surface area contributed by atoms with Gasteiger partial charge >= 0.3 is 0 Å². The Balaban J connectivity index is 0.000000188. The molecule has 275 valence electrons. The summed E-state index contributed by atoms with van der Waals surface area (Å²) in [5.74, 6) is 0.204. The van der Waals surface area contributed by atoms with E-state index in [0.717, 1.165) is 44.9 Å². The van der Waals surface area contributed by atoms with Crippen LogP contribution in [0.1, 0.15) is 36.4 Å². The van der Waals surface area contributed by atoms with Crippen LogP contribution < -0.4 is 5.19 Å². The average molecular weight is 930 g/mol. The Morgan fingerprint density at radius 1 is 0.782 bits per heavy atom. The summed E-state index contributed by atoms with van der Waals surface area (Å²) >= 11 is 1.81. The molecule has 0 aliphatic rings. The van der Waals surface area contributed by atoms with Crippen molar-refractivity contribution < 1.29 is 25.6 Å². The second-order valence-electron chi connectivity index (χ2n) is 14.7. The van der Waals surface area contributed by atoms with Gasteiger partial charge in [0.25, 0.3) is 0 Å². The Bertz CT molecular complexity index is 2910. The maximum Gasteiger partial charge on any atom is 0.0799 e. The van der Waals surface area contributed by atoms with Crippen molar-refractivity contribution in [3.8, 4) is 39.5 Å². The molecule has 3 aromatic heterocycles. The number of aromatic nitrogens is 3. The smallest absolute Gasteiger partial charge is 0.0799 e. The van der Waals surface area contributed by atoms with Gasteiger partial charge in [-0.2, -0.15) is 11.3 Å². The Morgan fingerprint density at radius 2 is 1.55 bits per heavy atom. The van der Waals surface area contributed by atoms with E-state index in [-0.39, 0.29) is 25.7 Å². The van der Waals surface area contributed by atoms with Crippen LogP contribution in [0.5, 0.6) is 0 Å². The zero-order valence-corrected chi connectivity index (χ0v) is 35.7. The third kappa shape index (κ3) is 7.78. The van der Waals surface area contributed by atoms with E-state index in [1.165, 1.54) is 42.6 Å². The van der Waals surface area contributed by atoms with Crippen LogP contribution in [-0.2, 0) is 20.1 Å². The van der Waals surface area contributed by atoms with E-state index in [0.29, 0.717) is 0 Å². The molecule has 0 aliphatic carbocycles. The summed E-state index contributed by atoms with van der Waals surface area (Å²) in [5.41, 5.74) is 9.32. The van der Waals surface area contributed by atoms with Crippen molar-refractivity contribution in [3.63, 3.8) is 0 Å². The minimum atomic E-state index is -2.13. The number of rotatable bonds is 6. The topological polar surface area (TPSA) is 30.7 Å². The molecular formula is C49H43IrN3SSi-2. The normalized spacial score (nSPS) is 13.0. The zero-order valence-electron chi connectivity index (χ0n) is 35.4. The van der Waals surface area contributed by atoms with Crippen molar-refractivity contribution >= 4 is 55.8 Å². The van der Waals surface area contributed by atoms with Gasteiger partial charge in [0.1, 0.15) is 0 Å². The van der Waals surface area contributed by atoms with Gasteiger partial charge in [0, 0.05) is 42.2 Å². The van der Waals surface area contributed by atoms with Gasteiger partial charge in [0.05, 0.1) is 24.9 Å². The second-order valence-corrected chi connectivity index (χ2v) is 20.8. The quantitative estimate of drug-likeness (QED) is 0.123. The van der Waals surface area contributed by atoms with E-state index < -0.39 is 20.8 Å². The molecule has 1 radical (unpaired) electrons. The molecule has 0 N–H and O–H groups in total. The summed E-state index contributed by atoms with van der Waals surface area (Å²) in [4.78, 5) is 9.68. The molecule has 0 unspecified atom stereocenters. The maximum absolute atomic E-state index is 8.48. The summed E-state index contributed by atoms with van der Waals surface area (Å²) in [6.45, 7) is 8.38. The van der Waals surface area contributed by atoms with Crippen LogP contribution in [0.15, 0.2) is 146 Å². The predicted octanol–water partition coefficient (Wildman–Crippen LogP) is 13.1. The van der Waals surface area contributed by atoms with Crippen LogP contribution in [0.4, 0.5) is 0 Å². The number of thiophene rings is 1. The number of aryl methyl sites for hydroxylation is 1. The first-order valence-corrected chi connectivity index (χ1v) is 22.5. The van der Waals surface area contributed by atoms with Gasteiger partial charge in [-0.3, -0.25) is 4.98 Å². The first-order valence-electron chi connectivity index (χ1n) is 20.2. The molecule has 0 amide bonds.